The molecule has 0 fully saturated rings. The summed E-state index contributed by atoms with van der Waals surface area (Å²) in [6.07, 6.45) is 0. The van der Waals surface area contributed by atoms with Gasteiger partial charge in [-0.3, -0.25) is 10.1 Å². The Kier molecular flexibility index (Phi) is 5.24. The third-order valence-electron chi connectivity index (χ3n) is 2.65. The summed E-state index contributed by atoms with van der Waals surface area (Å²) < 4.78 is 1.90. The predicted molar refractivity (Wildman–Crippen MR) is 95.9 cm³/mol. The van der Waals surface area contributed by atoms with Crippen LogP contribution in [0.1, 0.15) is 15.2 Å². The number of rotatable bonds is 5. The molecule has 0 spiro atoms. The van der Waals surface area contributed by atoms with Gasteiger partial charge in [-0.2, -0.15) is 0 Å². The number of aromatic nitrogens is 2. The summed E-state index contributed by atoms with van der Waals surface area (Å²) in [5.41, 5.74) is 1.22. The van der Waals surface area contributed by atoms with Crippen LogP contribution < -0.4 is 5.32 Å². The van der Waals surface area contributed by atoms with Crippen molar-refractivity contribution >= 4 is 61.4 Å². The number of nitrogens with one attached hydrogen (secondary N) is 1. The van der Waals surface area contributed by atoms with Crippen molar-refractivity contribution in [2.24, 2.45) is 0 Å². The standard InChI is InChI=1S/C14H10BrN3OS3/c15-10-5-3-9(4-6-10)8-21-14-18-17-13(22-14)16-12(19)11-2-1-7-20-11/h1-7H,8H2,(H,16,17,19). The summed E-state index contributed by atoms with van der Waals surface area (Å²) >= 11 is 7.81. The third-order valence-corrected chi connectivity index (χ3v) is 6.09. The highest BCUT2D eigenvalue weighted by Crippen LogP contribution is 2.29. The van der Waals surface area contributed by atoms with Gasteiger partial charge in [-0.05, 0) is 29.1 Å². The van der Waals surface area contributed by atoms with E-state index >= 15 is 0 Å². The molecule has 0 radical (unpaired) electrons. The van der Waals surface area contributed by atoms with Crippen LogP contribution in [-0.4, -0.2) is 16.1 Å². The number of anilines is 1. The molecule has 0 atom stereocenters. The van der Waals surface area contributed by atoms with Gasteiger partial charge in [0.05, 0.1) is 4.88 Å². The molecule has 112 valence electrons. The average Bonchev–Trinajstić information content (AvgIpc) is 3.18. The molecule has 1 amide bonds. The van der Waals surface area contributed by atoms with Crippen LogP contribution in [0.5, 0.6) is 0 Å². The minimum atomic E-state index is -0.143. The molecular weight excluding hydrogens is 402 g/mol. The Morgan fingerprint density at radius 2 is 2.05 bits per heavy atom. The molecular formula is C14H10BrN3OS3. The van der Waals surface area contributed by atoms with E-state index < -0.39 is 0 Å². The van der Waals surface area contributed by atoms with Gasteiger partial charge >= 0.3 is 0 Å². The zero-order valence-corrected chi connectivity index (χ0v) is 15.2. The molecule has 0 aliphatic rings. The fourth-order valence-electron chi connectivity index (χ4n) is 1.61. The van der Waals surface area contributed by atoms with E-state index in [4.69, 9.17) is 0 Å². The first-order valence-electron chi connectivity index (χ1n) is 6.26. The summed E-state index contributed by atoms with van der Waals surface area (Å²) in [6, 6.07) is 11.8. The lowest BCUT2D eigenvalue weighted by molar-refractivity contribution is 0.103. The molecule has 1 aromatic carbocycles. The van der Waals surface area contributed by atoms with Crippen LogP contribution in [0, 0.1) is 0 Å². The zero-order valence-electron chi connectivity index (χ0n) is 11.2. The van der Waals surface area contributed by atoms with E-state index in [1.54, 1.807) is 17.8 Å². The van der Waals surface area contributed by atoms with Gasteiger partial charge < -0.3 is 0 Å². The van der Waals surface area contributed by atoms with Gasteiger partial charge in [-0.1, -0.05) is 57.2 Å². The molecule has 1 N–H and O–H groups in total. The van der Waals surface area contributed by atoms with Crippen LogP contribution in [0.3, 0.4) is 0 Å². The van der Waals surface area contributed by atoms with Crippen molar-refractivity contribution in [1.82, 2.24) is 10.2 Å². The van der Waals surface area contributed by atoms with Crippen LogP contribution >= 0.6 is 50.4 Å². The van der Waals surface area contributed by atoms with Gasteiger partial charge in [0.2, 0.25) is 5.13 Å². The van der Waals surface area contributed by atoms with Crippen molar-refractivity contribution in [3.8, 4) is 0 Å². The summed E-state index contributed by atoms with van der Waals surface area (Å²) in [5, 5.41) is 13.3. The second-order valence-electron chi connectivity index (χ2n) is 4.22. The summed E-state index contributed by atoms with van der Waals surface area (Å²) in [7, 11) is 0. The molecule has 4 nitrogen and oxygen atoms in total. The van der Waals surface area contributed by atoms with Gasteiger partial charge in [0.1, 0.15) is 0 Å². The van der Waals surface area contributed by atoms with Crippen molar-refractivity contribution in [2.45, 2.75) is 10.1 Å². The number of amides is 1. The topological polar surface area (TPSA) is 54.9 Å². The summed E-state index contributed by atoms with van der Waals surface area (Å²) in [5.74, 6) is 0.677. The van der Waals surface area contributed by atoms with E-state index in [1.807, 2.05) is 23.6 Å². The minimum absolute atomic E-state index is 0.143. The Morgan fingerprint density at radius 1 is 1.23 bits per heavy atom. The number of thioether (sulfide) groups is 1. The van der Waals surface area contributed by atoms with E-state index in [-0.39, 0.29) is 5.91 Å². The fraction of sp³-hybridized carbons (Fsp3) is 0.0714. The van der Waals surface area contributed by atoms with E-state index in [1.165, 1.54) is 28.2 Å². The van der Waals surface area contributed by atoms with Crippen LogP contribution in [0.15, 0.2) is 50.6 Å². The average molecular weight is 412 g/mol. The van der Waals surface area contributed by atoms with Gasteiger partial charge in [0, 0.05) is 10.2 Å². The first-order chi connectivity index (χ1) is 10.7. The maximum atomic E-state index is 11.9. The third kappa shape index (κ3) is 4.16. The first-order valence-corrected chi connectivity index (χ1v) is 9.74. The van der Waals surface area contributed by atoms with E-state index in [0.717, 1.165) is 14.6 Å². The molecule has 0 saturated carbocycles. The Labute approximate surface area is 148 Å². The van der Waals surface area contributed by atoms with Gasteiger partial charge in [0.15, 0.2) is 4.34 Å². The summed E-state index contributed by atoms with van der Waals surface area (Å²) in [6.45, 7) is 0. The van der Waals surface area contributed by atoms with E-state index in [2.05, 4.69) is 43.6 Å². The number of benzene rings is 1. The number of carbonyl (C=O) groups is 1. The van der Waals surface area contributed by atoms with Crippen molar-refractivity contribution in [2.75, 3.05) is 5.32 Å². The smallest absolute Gasteiger partial charge is 0.267 e. The number of carbonyl (C=O) groups excluding carboxylic acids is 1. The number of thiophene rings is 1. The lowest BCUT2D eigenvalue weighted by atomic mass is 10.2. The monoisotopic (exact) mass is 411 g/mol. The highest BCUT2D eigenvalue weighted by atomic mass is 79.9. The number of hydrogen-bond donors (Lipinski definition) is 1. The zero-order chi connectivity index (χ0) is 15.4. The molecule has 3 rings (SSSR count). The van der Waals surface area contributed by atoms with Gasteiger partial charge in [0.25, 0.3) is 5.91 Å². The molecule has 8 heteroatoms. The van der Waals surface area contributed by atoms with E-state index in [0.29, 0.717) is 10.0 Å². The van der Waals surface area contributed by atoms with Crippen LogP contribution in [0.25, 0.3) is 0 Å². The number of nitrogens with zero attached hydrogens (tertiary/aromatic N) is 2. The lowest BCUT2D eigenvalue weighted by Gasteiger charge is -1.98. The van der Waals surface area contributed by atoms with E-state index in [9.17, 15) is 4.79 Å². The predicted octanol–water partition coefficient (Wildman–Crippen LogP) is 4.91. The maximum Gasteiger partial charge on any atom is 0.267 e. The lowest BCUT2D eigenvalue weighted by Crippen LogP contribution is -2.09. The molecule has 2 aromatic heterocycles. The largest absolute Gasteiger partial charge is 0.296 e. The maximum absolute atomic E-state index is 11.9. The molecule has 3 aromatic rings. The van der Waals surface area contributed by atoms with Gasteiger partial charge in [-0.15, -0.1) is 21.5 Å². The molecule has 0 aliphatic heterocycles. The van der Waals surface area contributed by atoms with Crippen molar-refractivity contribution in [1.29, 1.82) is 0 Å². The Hall–Kier alpha value is -1.22. The fourth-order valence-corrected chi connectivity index (χ4v) is 4.20. The molecule has 0 saturated heterocycles. The number of hydrogen-bond acceptors (Lipinski definition) is 6. The highest BCUT2D eigenvalue weighted by Gasteiger charge is 2.11. The SMILES string of the molecule is O=C(Nc1nnc(SCc2ccc(Br)cc2)s1)c1cccs1. The highest BCUT2D eigenvalue weighted by molar-refractivity contribution is 9.10. The Bertz CT molecular complexity index is 756. The van der Waals surface area contributed by atoms with Crippen molar-refractivity contribution in [3.05, 3.63) is 56.7 Å². The van der Waals surface area contributed by atoms with Crippen molar-refractivity contribution < 1.29 is 4.79 Å². The van der Waals surface area contributed by atoms with Crippen molar-refractivity contribution in [3.63, 3.8) is 0 Å². The van der Waals surface area contributed by atoms with Crippen LogP contribution in [0.2, 0.25) is 0 Å². The first kappa shape index (κ1) is 15.7. The Morgan fingerprint density at radius 3 is 2.77 bits per heavy atom. The Balaban J connectivity index is 1.57. The second-order valence-corrected chi connectivity index (χ2v) is 8.28. The van der Waals surface area contributed by atoms with Crippen LogP contribution in [0.4, 0.5) is 5.13 Å². The molecule has 0 aliphatic carbocycles. The second kappa shape index (κ2) is 7.36. The number of halogens is 1. The van der Waals surface area contributed by atoms with Crippen LogP contribution in [-0.2, 0) is 5.75 Å². The molecule has 2 heterocycles. The van der Waals surface area contributed by atoms with Gasteiger partial charge in [-0.25, -0.2) is 0 Å². The normalized spacial score (nSPS) is 10.6. The summed E-state index contributed by atoms with van der Waals surface area (Å²) in [4.78, 5) is 12.6. The molecule has 22 heavy (non-hydrogen) atoms. The quantitative estimate of drug-likeness (QED) is 0.478. The molecule has 0 bridgehead atoms. The molecule has 0 unspecified atom stereocenters. The minimum Gasteiger partial charge on any atom is -0.296 e.